The lowest BCUT2D eigenvalue weighted by Gasteiger charge is -2.61. The summed E-state index contributed by atoms with van der Waals surface area (Å²) in [6.45, 7) is 0. The molecule has 0 unspecified atom stereocenters. The molecule has 3 heteroatoms. The second kappa shape index (κ2) is 14.0. The van der Waals surface area contributed by atoms with Crippen LogP contribution in [0.3, 0.4) is 0 Å². The fourth-order valence-electron chi connectivity index (χ4n) is 12.8. The SMILES string of the molecule is c1ccc(-c2cccc(-c3nc(-c4ccccc4)nc(-c4ccccc4-c4ccccc4-c4ccc5c(c4)-c4ccc6ccccc6c4C54C5CC6CC(C5)CC4C6)n3)c2)cc1. The molecule has 62 heavy (non-hydrogen) atoms. The molecule has 4 saturated carbocycles. The van der Waals surface area contributed by atoms with Crippen LogP contribution < -0.4 is 0 Å². The fourth-order valence-corrected chi connectivity index (χ4v) is 12.8. The largest absolute Gasteiger partial charge is 0.208 e. The summed E-state index contributed by atoms with van der Waals surface area (Å²) in [6.07, 6.45) is 6.95. The molecule has 0 amide bonds. The monoisotopic (exact) mass is 795 g/mol. The molecule has 8 aromatic carbocycles. The van der Waals surface area contributed by atoms with Crippen molar-refractivity contribution in [2.24, 2.45) is 23.7 Å². The van der Waals surface area contributed by atoms with Gasteiger partial charge in [0.15, 0.2) is 17.5 Å². The lowest BCUT2D eigenvalue weighted by atomic mass is 9.43. The second-order valence-corrected chi connectivity index (χ2v) is 18.4. The predicted octanol–water partition coefficient (Wildman–Crippen LogP) is 14.7. The van der Waals surface area contributed by atoms with Crippen LogP contribution >= 0.6 is 0 Å². The summed E-state index contributed by atoms with van der Waals surface area (Å²) >= 11 is 0. The maximum Gasteiger partial charge on any atom is 0.164 e. The van der Waals surface area contributed by atoms with Gasteiger partial charge in [0.2, 0.25) is 0 Å². The van der Waals surface area contributed by atoms with E-state index in [1.807, 2.05) is 18.2 Å². The Kier molecular flexibility index (Phi) is 8.10. The highest BCUT2D eigenvalue weighted by atomic mass is 15.0. The standard InChI is InChI=1S/C59H45N3/c1-3-14-39(15-4-1)42-19-13-20-44(35-42)57-60-56(41-17-5-2-6-18-41)61-58(62-57)52-25-12-11-24-50(52)49-23-10-9-21-47(49)43-27-29-54-53(36-43)51-28-26-40-16-7-8-22-48(40)55(51)59(54)45-31-37-30-38(33-45)34-46(59)32-37/h1-29,35-38,45-46H,30-34H2. The Morgan fingerprint density at radius 2 is 0.903 bits per heavy atom. The molecular formula is C59H45N3. The molecule has 1 heterocycles. The Balaban J connectivity index is 0.966. The first kappa shape index (κ1) is 35.8. The summed E-state index contributed by atoms with van der Waals surface area (Å²) in [5, 5.41) is 2.83. The first-order chi connectivity index (χ1) is 30.7. The highest BCUT2D eigenvalue weighted by Gasteiger charge is 2.62. The van der Waals surface area contributed by atoms with Crippen LogP contribution in [0.4, 0.5) is 0 Å². The quantitative estimate of drug-likeness (QED) is 0.168. The van der Waals surface area contributed by atoms with Gasteiger partial charge in [-0.15, -0.1) is 0 Å². The summed E-state index contributed by atoms with van der Waals surface area (Å²) in [7, 11) is 0. The van der Waals surface area contributed by atoms with Crippen LogP contribution in [0.2, 0.25) is 0 Å². The molecule has 4 bridgehead atoms. The first-order valence-corrected chi connectivity index (χ1v) is 22.5. The number of rotatable bonds is 6. The number of benzene rings is 8. The minimum absolute atomic E-state index is 0.0943. The van der Waals surface area contributed by atoms with Gasteiger partial charge < -0.3 is 0 Å². The van der Waals surface area contributed by atoms with Crippen LogP contribution in [0.15, 0.2) is 188 Å². The number of hydrogen-bond donors (Lipinski definition) is 0. The Morgan fingerprint density at radius 3 is 1.65 bits per heavy atom. The van der Waals surface area contributed by atoms with Gasteiger partial charge in [-0.05, 0) is 134 Å². The molecule has 0 atom stereocenters. The third-order valence-corrected chi connectivity index (χ3v) is 15.1. The van der Waals surface area contributed by atoms with E-state index in [2.05, 4.69) is 170 Å². The smallest absolute Gasteiger partial charge is 0.164 e. The normalized spacial score (nSPS) is 21.6. The van der Waals surface area contributed by atoms with Gasteiger partial charge in [0, 0.05) is 22.1 Å². The van der Waals surface area contributed by atoms with E-state index in [9.17, 15) is 0 Å². The van der Waals surface area contributed by atoms with Gasteiger partial charge in [-0.3, -0.25) is 0 Å². The summed E-state index contributed by atoms with van der Waals surface area (Å²) in [6, 6.07) is 68.4. The van der Waals surface area contributed by atoms with Gasteiger partial charge >= 0.3 is 0 Å². The summed E-state index contributed by atoms with van der Waals surface area (Å²) < 4.78 is 0. The van der Waals surface area contributed by atoms with Gasteiger partial charge in [0.25, 0.3) is 0 Å². The van der Waals surface area contributed by atoms with Crippen LogP contribution in [0.25, 0.3) is 89.4 Å². The van der Waals surface area contributed by atoms with Crippen molar-refractivity contribution in [1.82, 2.24) is 15.0 Å². The van der Waals surface area contributed by atoms with Gasteiger partial charge in [0.1, 0.15) is 0 Å². The molecule has 0 radical (unpaired) electrons. The molecule has 5 aliphatic rings. The molecule has 296 valence electrons. The van der Waals surface area contributed by atoms with E-state index in [1.165, 1.54) is 70.7 Å². The lowest BCUT2D eigenvalue weighted by molar-refractivity contribution is -0.0393. The number of hydrogen-bond acceptors (Lipinski definition) is 3. The van der Waals surface area contributed by atoms with Crippen LogP contribution in [0, 0.1) is 23.7 Å². The fraction of sp³-hybridized carbons (Fsp3) is 0.169. The zero-order valence-electron chi connectivity index (χ0n) is 34.6. The molecule has 0 saturated heterocycles. The van der Waals surface area contributed by atoms with E-state index < -0.39 is 0 Å². The molecule has 1 aromatic heterocycles. The van der Waals surface area contributed by atoms with Crippen molar-refractivity contribution < 1.29 is 0 Å². The molecule has 0 aliphatic heterocycles. The Bertz CT molecular complexity index is 3180. The van der Waals surface area contributed by atoms with Gasteiger partial charge in [-0.25, -0.2) is 15.0 Å². The van der Waals surface area contributed by atoms with E-state index in [-0.39, 0.29) is 5.41 Å². The van der Waals surface area contributed by atoms with Crippen molar-refractivity contribution in [3.8, 4) is 78.7 Å². The van der Waals surface area contributed by atoms with Gasteiger partial charge in [-0.1, -0.05) is 176 Å². The molecular weight excluding hydrogens is 751 g/mol. The highest BCUT2D eigenvalue weighted by molar-refractivity contribution is 6.00. The van der Waals surface area contributed by atoms with E-state index in [4.69, 9.17) is 15.0 Å². The molecule has 0 N–H and O–H groups in total. The third kappa shape index (κ3) is 5.47. The number of fused-ring (bicyclic) bond motifs is 5. The van der Waals surface area contributed by atoms with E-state index in [0.717, 1.165) is 45.2 Å². The Morgan fingerprint density at radius 1 is 0.339 bits per heavy atom. The minimum atomic E-state index is 0.0943. The van der Waals surface area contributed by atoms with Gasteiger partial charge in [0.05, 0.1) is 0 Å². The first-order valence-electron chi connectivity index (χ1n) is 22.5. The zero-order valence-corrected chi connectivity index (χ0v) is 34.6. The van der Waals surface area contributed by atoms with Crippen molar-refractivity contribution in [2.45, 2.75) is 37.5 Å². The van der Waals surface area contributed by atoms with Crippen molar-refractivity contribution in [3.05, 3.63) is 199 Å². The van der Waals surface area contributed by atoms with E-state index in [1.54, 1.807) is 11.1 Å². The lowest BCUT2D eigenvalue weighted by Crippen LogP contribution is -2.55. The molecule has 5 aliphatic carbocycles. The molecule has 4 fully saturated rings. The van der Waals surface area contributed by atoms with Crippen molar-refractivity contribution in [2.75, 3.05) is 0 Å². The van der Waals surface area contributed by atoms with Crippen LogP contribution in [-0.2, 0) is 5.41 Å². The summed E-state index contributed by atoms with van der Waals surface area (Å²) in [5.74, 6) is 5.19. The molecule has 14 rings (SSSR count). The van der Waals surface area contributed by atoms with E-state index >= 15 is 0 Å². The average molecular weight is 796 g/mol. The maximum atomic E-state index is 5.28. The number of aromatic nitrogens is 3. The molecule has 9 aromatic rings. The van der Waals surface area contributed by atoms with Crippen LogP contribution in [0.1, 0.15) is 43.2 Å². The van der Waals surface area contributed by atoms with Crippen molar-refractivity contribution in [3.63, 3.8) is 0 Å². The number of nitrogens with zero attached hydrogens (tertiary/aromatic N) is 3. The van der Waals surface area contributed by atoms with Gasteiger partial charge in [-0.2, -0.15) is 0 Å². The second-order valence-electron chi connectivity index (χ2n) is 18.4. The average Bonchev–Trinajstić information content (AvgIpc) is 3.64. The Hall–Kier alpha value is -6.97. The third-order valence-electron chi connectivity index (χ3n) is 15.1. The maximum absolute atomic E-state index is 5.28. The zero-order chi connectivity index (χ0) is 40.8. The molecule has 1 spiro atoms. The van der Waals surface area contributed by atoms with Crippen LogP contribution in [-0.4, -0.2) is 15.0 Å². The topological polar surface area (TPSA) is 38.7 Å². The predicted molar refractivity (Wildman–Crippen MR) is 253 cm³/mol. The highest BCUT2D eigenvalue weighted by Crippen LogP contribution is 2.70. The van der Waals surface area contributed by atoms with E-state index in [0.29, 0.717) is 29.3 Å². The van der Waals surface area contributed by atoms with Crippen molar-refractivity contribution >= 4 is 10.8 Å². The summed E-state index contributed by atoms with van der Waals surface area (Å²) in [5.41, 5.74) is 16.1. The Labute approximate surface area is 363 Å². The van der Waals surface area contributed by atoms with Crippen LogP contribution in [0.5, 0.6) is 0 Å². The molecule has 3 nitrogen and oxygen atoms in total. The van der Waals surface area contributed by atoms with Crippen molar-refractivity contribution in [1.29, 1.82) is 0 Å². The summed E-state index contributed by atoms with van der Waals surface area (Å²) in [4.78, 5) is 15.6. The minimum Gasteiger partial charge on any atom is -0.208 e.